The van der Waals surface area contributed by atoms with Gasteiger partial charge in [-0.05, 0) is 23.6 Å². The van der Waals surface area contributed by atoms with E-state index in [0.717, 1.165) is 13.1 Å². The Labute approximate surface area is 82.7 Å². The van der Waals surface area contributed by atoms with Crippen molar-refractivity contribution < 1.29 is 0 Å². The minimum atomic E-state index is 0.876. The number of nitrogens with one attached hydrogen (secondary N) is 1. The second-order valence-corrected chi connectivity index (χ2v) is 3.80. The molecule has 0 spiro atoms. The van der Waals surface area contributed by atoms with Gasteiger partial charge in [-0.2, -0.15) is 4.83 Å². The molecular weight excluding hydrogens is 180 g/mol. The summed E-state index contributed by atoms with van der Waals surface area (Å²) in [6.07, 6.45) is 1.90. The van der Waals surface area contributed by atoms with Crippen LogP contribution in [0.2, 0.25) is 0 Å². The molecule has 13 heavy (non-hydrogen) atoms. The van der Waals surface area contributed by atoms with E-state index in [4.69, 9.17) is 0 Å². The summed E-state index contributed by atoms with van der Waals surface area (Å²) in [5.74, 6) is 0. The first-order valence-corrected chi connectivity index (χ1v) is 5.08. The van der Waals surface area contributed by atoms with Gasteiger partial charge in [0.05, 0.1) is 0 Å². The number of rotatable bonds is 2. The minimum Gasteiger partial charge on any atom is -0.226 e. The molecule has 0 bridgehead atoms. The van der Waals surface area contributed by atoms with E-state index in [-0.39, 0.29) is 0 Å². The van der Waals surface area contributed by atoms with Crippen LogP contribution in [0.1, 0.15) is 5.56 Å². The lowest BCUT2D eigenvalue weighted by atomic mass is 10.2. The lowest BCUT2D eigenvalue weighted by molar-refractivity contribution is 0.261. The summed E-state index contributed by atoms with van der Waals surface area (Å²) in [4.78, 5) is 4.58. The molecule has 1 N–H and O–H groups in total. The average Bonchev–Trinajstić information content (AvgIpc) is 2.18. The third-order valence-corrected chi connectivity index (χ3v) is 2.94. The van der Waals surface area contributed by atoms with E-state index in [1.807, 2.05) is 6.08 Å². The van der Waals surface area contributed by atoms with Crippen molar-refractivity contribution in [3.05, 3.63) is 42.5 Å². The Kier molecular flexibility index (Phi) is 2.68. The highest BCUT2D eigenvalue weighted by Crippen LogP contribution is 2.25. The normalized spacial score (nSPS) is 16.6. The Morgan fingerprint density at radius 3 is 3.23 bits per heavy atom. The molecule has 0 amide bonds. The first-order valence-electron chi connectivity index (χ1n) is 4.26. The quantitative estimate of drug-likeness (QED) is 0.571. The Morgan fingerprint density at radius 1 is 1.54 bits per heavy atom. The van der Waals surface area contributed by atoms with E-state index in [2.05, 4.69) is 40.7 Å². The SMILES string of the molecule is C=CCN1Cc2ccccc2SN1. The van der Waals surface area contributed by atoms with Gasteiger partial charge in [0.2, 0.25) is 0 Å². The van der Waals surface area contributed by atoms with E-state index in [1.165, 1.54) is 10.5 Å². The van der Waals surface area contributed by atoms with E-state index < -0.39 is 0 Å². The fraction of sp³-hybridized carbons (Fsp3) is 0.200. The fourth-order valence-corrected chi connectivity index (χ4v) is 2.12. The van der Waals surface area contributed by atoms with Crippen LogP contribution < -0.4 is 4.83 Å². The summed E-state index contributed by atoms with van der Waals surface area (Å²) in [5, 5.41) is 2.14. The maximum Gasteiger partial charge on any atom is 0.0405 e. The largest absolute Gasteiger partial charge is 0.226 e. The lowest BCUT2D eigenvalue weighted by Gasteiger charge is -2.27. The smallest absolute Gasteiger partial charge is 0.0405 e. The van der Waals surface area contributed by atoms with Crippen LogP contribution >= 0.6 is 11.9 Å². The van der Waals surface area contributed by atoms with Crippen molar-refractivity contribution in [1.29, 1.82) is 0 Å². The van der Waals surface area contributed by atoms with Gasteiger partial charge in [0.1, 0.15) is 0 Å². The third-order valence-electron chi connectivity index (χ3n) is 1.97. The van der Waals surface area contributed by atoms with Crippen molar-refractivity contribution in [2.45, 2.75) is 11.4 Å². The molecule has 2 nitrogen and oxygen atoms in total. The van der Waals surface area contributed by atoms with Crippen LogP contribution in [0, 0.1) is 0 Å². The monoisotopic (exact) mass is 192 g/mol. The van der Waals surface area contributed by atoms with Crippen LogP contribution in [0.5, 0.6) is 0 Å². The molecule has 1 aromatic rings. The summed E-state index contributed by atoms with van der Waals surface area (Å²) >= 11 is 1.66. The molecule has 68 valence electrons. The summed E-state index contributed by atoms with van der Waals surface area (Å²) < 4.78 is 0. The maximum absolute atomic E-state index is 3.72. The summed E-state index contributed by atoms with van der Waals surface area (Å²) in [6.45, 7) is 5.55. The first kappa shape index (κ1) is 8.81. The number of fused-ring (bicyclic) bond motifs is 1. The molecule has 0 saturated carbocycles. The minimum absolute atomic E-state index is 0.876. The first-order chi connectivity index (χ1) is 6.40. The number of benzene rings is 1. The van der Waals surface area contributed by atoms with Gasteiger partial charge in [-0.15, -0.1) is 6.58 Å². The Morgan fingerprint density at radius 2 is 2.38 bits per heavy atom. The van der Waals surface area contributed by atoms with Gasteiger partial charge >= 0.3 is 0 Å². The van der Waals surface area contributed by atoms with E-state index >= 15 is 0 Å². The second-order valence-electron chi connectivity index (χ2n) is 2.97. The van der Waals surface area contributed by atoms with Crippen molar-refractivity contribution in [1.82, 2.24) is 9.84 Å². The molecule has 1 aromatic carbocycles. The molecule has 1 aliphatic rings. The number of hydrogen-bond donors (Lipinski definition) is 1. The van der Waals surface area contributed by atoms with Gasteiger partial charge in [-0.3, -0.25) is 0 Å². The maximum atomic E-state index is 3.72. The topological polar surface area (TPSA) is 15.3 Å². The zero-order valence-corrected chi connectivity index (χ0v) is 8.18. The number of nitrogens with zero attached hydrogens (tertiary/aromatic N) is 1. The van der Waals surface area contributed by atoms with Crippen LogP contribution in [-0.4, -0.2) is 11.6 Å². The van der Waals surface area contributed by atoms with Crippen molar-refractivity contribution in [2.24, 2.45) is 0 Å². The molecule has 0 radical (unpaired) electrons. The summed E-state index contributed by atoms with van der Waals surface area (Å²) in [7, 11) is 0. The molecule has 0 unspecified atom stereocenters. The van der Waals surface area contributed by atoms with Crippen LogP contribution in [-0.2, 0) is 6.54 Å². The Bertz CT molecular complexity index is 312. The molecule has 0 atom stereocenters. The highest BCUT2D eigenvalue weighted by Gasteiger charge is 2.13. The average molecular weight is 192 g/mol. The fourth-order valence-electron chi connectivity index (χ4n) is 1.34. The molecule has 1 heterocycles. The lowest BCUT2D eigenvalue weighted by Crippen LogP contribution is -2.35. The molecule has 2 rings (SSSR count). The molecule has 3 heteroatoms. The highest BCUT2D eigenvalue weighted by atomic mass is 32.2. The summed E-state index contributed by atoms with van der Waals surface area (Å²) in [5.41, 5.74) is 1.38. The van der Waals surface area contributed by atoms with Crippen molar-refractivity contribution in [2.75, 3.05) is 6.54 Å². The standard InChI is InChI=1S/C10H12N2S/c1-2-7-12-8-9-5-3-4-6-10(9)13-11-12/h2-6,11H,1,7-8H2. The molecule has 0 aromatic heterocycles. The van der Waals surface area contributed by atoms with Gasteiger partial charge in [-0.25, -0.2) is 5.01 Å². The van der Waals surface area contributed by atoms with Crippen molar-refractivity contribution >= 4 is 11.9 Å². The number of hydrogen-bond acceptors (Lipinski definition) is 3. The zero-order chi connectivity index (χ0) is 9.10. The molecule has 0 saturated heterocycles. The van der Waals surface area contributed by atoms with Crippen molar-refractivity contribution in [3.63, 3.8) is 0 Å². The summed E-state index contributed by atoms with van der Waals surface area (Å²) in [6, 6.07) is 8.45. The molecular formula is C10H12N2S. The third kappa shape index (κ3) is 1.94. The van der Waals surface area contributed by atoms with Crippen LogP contribution in [0.4, 0.5) is 0 Å². The van der Waals surface area contributed by atoms with E-state index in [1.54, 1.807) is 11.9 Å². The van der Waals surface area contributed by atoms with Gasteiger partial charge in [0.15, 0.2) is 0 Å². The Hall–Kier alpha value is -0.770. The highest BCUT2D eigenvalue weighted by molar-refractivity contribution is 7.97. The van der Waals surface area contributed by atoms with Gasteiger partial charge in [0.25, 0.3) is 0 Å². The predicted molar refractivity (Wildman–Crippen MR) is 56.0 cm³/mol. The van der Waals surface area contributed by atoms with Crippen LogP contribution in [0.25, 0.3) is 0 Å². The van der Waals surface area contributed by atoms with Crippen molar-refractivity contribution in [3.8, 4) is 0 Å². The predicted octanol–water partition coefficient (Wildman–Crippen LogP) is 2.20. The van der Waals surface area contributed by atoms with Gasteiger partial charge in [0, 0.05) is 18.0 Å². The zero-order valence-electron chi connectivity index (χ0n) is 7.36. The molecule has 1 aliphatic heterocycles. The van der Waals surface area contributed by atoms with Gasteiger partial charge < -0.3 is 0 Å². The molecule has 0 aliphatic carbocycles. The van der Waals surface area contributed by atoms with E-state index in [0.29, 0.717) is 0 Å². The van der Waals surface area contributed by atoms with Gasteiger partial charge in [-0.1, -0.05) is 24.3 Å². The Balaban J connectivity index is 2.15. The number of hydrazine groups is 1. The van der Waals surface area contributed by atoms with E-state index in [9.17, 15) is 0 Å². The van der Waals surface area contributed by atoms with Crippen LogP contribution in [0.15, 0.2) is 41.8 Å². The second kappa shape index (κ2) is 3.96. The van der Waals surface area contributed by atoms with Crippen LogP contribution in [0.3, 0.4) is 0 Å². The molecule has 0 fully saturated rings.